The van der Waals surface area contributed by atoms with Crippen LogP contribution in [0.25, 0.3) is 0 Å². The number of hydrogen-bond acceptors (Lipinski definition) is 5. The fourth-order valence-corrected chi connectivity index (χ4v) is 3.51. The summed E-state index contributed by atoms with van der Waals surface area (Å²) >= 11 is 0. The Labute approximate surface area is 142 Å². The minimum absolute atomic E-state index is 0.00745. The van der Waals surface area contributed by atoms with Gasteiger partial charge < -0.3 is 5.11 Å². The third kappa shape index (κ3) is 6.79. The van der Waals surface area contributed by atoms with Crippen LogP contribution in [0.1, 0.15) is 12.0 Å². The molecule has 24 heavy (non-hydrogen) atoms. The van der Waals surface area contributed by atoms with Gasteiger partial charge in [0.25, 0.3) is 10.1 Å². The highest BCUT2D eigenvalue weighted by Gasteiger charge is 2.12. The van der Waals surface area contributed by atoms with Crippen LogP contribution in [0.3, 0.4) is 0 Å². The number of aliphatic hydroxyl groups is 1. The van der Waals surface area contributed by atoms with Gasteiger partial charge >= 0.3 is 0 Å². The molecule has 0 fully saturated rings. The number of hydrogen-bond donors (Lipinski definition) is 2. The fourth-order valence-electron chi connectivity index (χ4n) is 1.71. The van der Waals surface area contributed by atoms with Crippen molar-refractivity contribution in [2.75, 3.05) is 12.4 Å². The number of benzene rings is 2. The maximum absolute atomic E-state index is 11.5. The lowest BCUT2D eigenvalue weighted by Gasteiger charge is -2.01. The van der Waals surface area contributed by atoms with E-state index in [1.165, 1.54) is 12.1 Å². The highest BCUT2D eigenvalue weighted by molar-refractivity contribution is 7.91. The van der Waals surface area contributed by atoms with Crippen molar-refractivity contribution in [3.05, 3.63) is 60.2 Å². The molecule has 0 aliphatic heterocycles. The molecule has 6 nitrogen and oxygen atoms in total. The van der Waals surface area contributed by atoms with Crippen molar-refractivity contribution in [2.45, 2.75) is 23.1 Å². The molecule has 8 heteroatoms. The van der Waals surface area contributed by atoms with Gasteiger partial charge in [0.2, 0.25) is 0 Å². The third-order valence-corrected chi connectivity index (χ3v) is 5.68. The zero-order valence-electron chi connectivity index (χ0n) is 13.2. The normalized spacial score (nSPS) is 11.5. The molecule has 0 bridgehead atoms. The van der Waals surface area contributed by atoms with Gasteiger partial charge in [-0.05, 0) is 37.6 Å². The lowest BCUT2D eigenvalue weighted by Crippen LogP contribution is -2.07. The first-order valence-electron chi connectivity index (χ1n) is 7.09. The Morgan fingerprint density at radius 3 is 1.83 bits per heavy atom. The van der Waals surface area contributed by atoms with Crippen molar-refractivity contribution >= 4 is 20.0 Å². The average Bonchev–Trinajstić information content (AvgIpc) is 2.54. The first-order chi connectivity index (χ1) is 11.2. The van der Waals surface area contributed by atoms with Gasteiger partial charge in [-0.3, -0.25) is 4.55 Å². The minimum atomic E-state index is -4.02. The van der Waals surface area contributed by atoms with Crippen LogP contribution in [0.4, 0.5) is 0 Å². The highest BCUT2D eigenvalue weighted by atomic mass is 32.2. The summed E-state index contributed by atoms with van der Waals surface area (Å²) in [5, 5.41) is 8.51. The summed E-state index contributed by atoms with van der Waals surface area (Å²) in [7, 11) is -7.20. The molecule has 0 aliphatic carbocycles. The van der Waals surface area contributed by atoms with Crippen LogP contribution in [0.15, 0.2) is 64.4 Å². The molecule has 0 saturated heterocycles. The Morgan fingerprint density at radius 2 is 1.38 bits per heavy atom. The van der Waals surface area contributed by atoms with E-state index >= 15 is 0 Å². The van der Waals surface area contributed by atoms with Crippen molar-refractivity contribution in [2.24, 2.45) is 0 Å². The Hall–Kier alpha value is -1.74. The van der Waals surface area contributed by atoms with Gasteiger partial charge in [-0.15, -0.1) is 0 Å². The smallest absolute Gasteiger partial charge is 0.294 e. The molecule has 0 radical (unpaired) electrons. The second-order valence-electron chi connectivity index (χ2n) is 5.00. The van der Waals surface area contributed by atoms with Gasteiger partial charge in [0.15, 0.2) is 9.84 Å². The van der Waals surface area contributed by atoms with E-state index in [9.17, 15) is 16.8 Å². The van der Waals surface area contributed by atoms with Crippen LogP contribution in [0.2, 0.25) is 0 Å². The van der Waals surface area contributed by atoms with Crippen molar-refractivity contribution < 1.29 is 26.5 Å². The fraction of sp³-hybridized carbons (Fsp3) is 0.250. The van der Waals surface area contributed by atoms with Gasteiger partial charge in [0.05, 0.1) is 15.5 Å². The number of aliphatic hydroxyl groups excluding tert-OH is 1. The molecule has 0 aromatic heterocycles. The van der Waals surface area contributed by atoms with Crippen LogP contribution in [-0.4, -0.2) is 38.9 Å². The number of aryl methyl sites for hydroxylation is 1. The predicted octanol–water partition coefficient (Wildman–Crippen LogP) is 2.08. The molecule has 0 atom stereocenters. The summed E-state index contributed by atoms with van der Waals surface area (Å²) in [6.07, 6.45) is 0.289. The second-order valence-corrected chi connectivity index (χ2v) is 8.53. The first kappa shape index (κ1) is 20.3. The minimum Gasteiger partial charge on any atom is -0.396 e. The van der Waals surface area contributed by atoms with Crippen LogP contribution in [-0.2, 0) is 20.0 Å². The summed E-state index contributed by atoms with van der Waals surface area (Å²) < 4.78 is 52.5. The lowest BCUT2D eigenvalue weighted by atomic mass is 10.2. The Morgan fingerprint density at radius 1 is 0.833 bits per heavy atom. The predicted molar refractivity (Wildman–Crippen MR) is 91.2 cm³/mol. The van der Waals surface area contributed by atoms with E-state index in [-0.39, 0.29) is 23.7 Å². The van der Waals surface area contributed by atoms with E-state index in [4.69, 9.17) is 9.66 Å². The molecule has 0 unspecified atom stereocenters. The van der Waals surface area contributed by atoms with Gasteiger partial charge in [0.1, 0.15) is 0 Å². The molecule has 0 aliphatic rings. The molecule has 0 heterocycles. The third-order valence-electron chi connectivity index (χ3n) is 2.99. The Kier molecular flexibility index (Phi) is 7.56. The number of rotatable bonds is 5. The first-order valence-corrected chi connectivity index (χ1v) is 10.2. The molecule has 2 aromatic rings. The standard InChI is InChI=1S/C9H12O3S.C7H8O3S/c10-7-4-8-13(11,12)9-5-2-1-3-6-9;1-6-2-4-7(5-3-6)11(8,9)10/h1-3,5-6,10H,4,7-8H2;2-5H,1H3,(H,8,9,10). The van der Waals surface area contributed by atoms with E-state index in [2.05, 4.69) is 0 Å². The quantitative estimate of drug-likeness (QED) is 0.778. The van der Waals surface area contributed by atoms with E-state index in [1.54, 1.807) is 42.5 Å². The Bertz CT molecular complexity index is 826. The van der Waals surface area contributed by atoms with Crippen LogP contribution in [0.5, 0.6) is 0 Å². The molecule has 0 saturated carbocycles. The second kappa shape index (κ2) is 8.93. The Balaban J connectivity index is 0.000000243. The van der Waals surface area contributed by atoms with Crippen LogP contribution in [0, 0.1) is 6.92 Å². The summed E-state index contributed by atoms with van der Waals surface area (Å²) in [6, 6.07) is 14.3. The van der Waals surface area contributed by atoms with Crippen molar-refractivity contribution in [1.82, 2.24) is 0 Å². The monoisotopic (exact) mass is 372 g/mol. The summed E-state index contributed by atoms with van der Waals surface area (Å²) in [5.74, 6) is 0.00745. The molecular weight excluding hydrogens is 352 g/mol. The molecule has 2 aromatic carbocycles. The largest absolute Gasteiger partial charge is 0.396 e. The van der Waals surface area contributed by atoms with Gasteiger partial charge in [0, 0.05) is 6.61 Å². The molecule has 132 valence electrons. The average molecular weight is 372 g/mol. The van der Waals surface area contributed by atoms with Crippen molar-refractivity contribution in [1.29, 1.82) is 0 Å². The molecule has 0 spiro atoms. The van der Waals surface area contributed by atoms with Gasteiger partial charge in [-0.2, -0.15) is 8.42 Å². The summed E-state index contributed by atoms with van der Waals surface area (Å²) in [4.78, 5) is 0.256. The van der Waals surface area contributed by atoms with Gasteiger partial charge in [-0.1, -0.05) is 35.9 Å². The number of sulfone groups is 1. The van der Waals surface area contributed by atoms with E-state index in [0.29, 0.717) is 4.90 Å². The molecular formula is C16H20O6S2. The molecule has 0 amide bonds. The van der Waals surface area contributed by atoms with E-state index < -0.39 is 20.0 Å². The molecule has 2 rings (SSSR count). The van der Waals surface area contributed by atoms with E-state index in [0.717, 1.165) is 5.56 Å². The van der Waals surface area contributed by atoms with Gasteiger partial charge in [-0.25, -0.2) is 8.42 Å². The topological polar surface area (TPSA) is 109 Å². The highest BCUT2D eigenvalue weighted by Crippen LogP contribution is 2.10. The van der Waals surface area contributed by atoms with Crippen molar-refractivity contribution in [3.63, 3.8) is 0 Å². The maximum Gasteiger partial charge on any atom is 0.294 e. The maximum atomic E-state index is 11.5. The summed E-state index contributed by atoms with van der Waals surface area (Å²) in [6.45, 7) is 1.75. The van der Waals surface area contributed by atoms with Crippen molar-refractivity contribution in [3.8, 4) is 0 Å². The lowest BCUT2D eigenvalue weighted by molar-refractivity contribution is 0.295. The SMILES string of the molecule is Cc1ccc(S(=O)(=O)O)cc1.O=S(=O)(CCCO)c1ccccc1. The zero-order valence-corrected chi connectivity index (χ0v) is 14.8. The molecule has 2 N–H and O–H groups in total. The summed E-state index contributed by atoms with van der Waals surface area (Å²) in [5.41, 5.74) is 0.956. The van der Waals surface area contributed by atoms with Crippen LogP contribution < -0.4 is 0 Å². The zero-order chi connectivity index (χ0) is 18.2. The van der Waals surface area contributed by atoms with E-state index in [1.807, 2.05) is 6.92 Å². The van der Waals surface area contributed by atoms with Crippen LogP contribution >= 0.6 is 0 Å².